The third-order valence-corrected chi connectivity index (χ3v) is 7.35. The Morgan fingerprint density at radius 2 is 0.667 bits per heavy atom. The van der Waals surface area contributed by atoms with Crippen molar-refractivity contribution in [3.8, 4) is 18.2 Å². The number of hydrogen-bond donors (Lipinski definition) is 0. The fourth-order valence-corrected chi connectivity index (χ4v) is 4.67. The lowest BCUT2D eigenvalue weighted by Gasteiger charge is -2.07. The van der Waals surface area contributed by atoms with Crippen LogP contribution in [-0.4, -0.2) is 0 Å². The van der Waals surface area contributed by atoms with E-state index in [4.69, 9.17) is 0 Å². The first-order valence-electron chi connectivity index (χ1n) is 11.7. The molecule has 0 amide bonds. The van der Waals surface area contributed by atoms with Crippen LogP contribution in [0.15, 0.2) is 104 Å². The smallest absolute Gasteiger partial charge is 0.0998 e. The van der Waals surface area contributed by atoms with Crippen LogP contribution in [0, 0.1) is 34.0 Å². The molecule has 4 aromatic carbocycles. The number of nitriles is 3. The van der Waals surface area contributed by atoms with Gasteiger partial charge in [0.05, 0.1) is 34.9 Å². The second kappa shape index (κ2) is 13.2. The molecule has 0 saturated carbocycles. The summed E-state index contributed by atoms with van der Waals surface area (Å²) < 4.78 is 2.78. The Bertz CT molecular complexity index is 1500. The first-order chi connectivity index (χ1) is 18.9. The van der Waals surface area contributed by atoms with Crippen molar-refractivity contribution in [1.29, 1.82) is 15.8 Å². The molecule has 0 fully saturated rings. The van der Waals surface area contributed by atoms with Crippen LogP contribution in [0.1, 0.15) is 33.4 Å². The van der Waals surface area contributed by atoms with Gasteiger partial charge in [0.25, 0.3) is 0 Å². The number of benzene rings is 4. The largest absolute Gasteiger partial charge is 0.192 e. The normalized spacial score (nSPS) is 11.8. The van der Waals surface area contributed by atoms with Crippen LogP contribution in [0.5, 0.6) is 0 Å². The first kappa shape index (κ1) is 28.0. The van der Waals surface area contributed by atoms with Crippen LogP contribution in [-0.2, 0) is 0 Å². The summed E-state index contributed by atoms with van der Waals surface area (Å²) in [5, 5.41) is 29.7. The van der Waals surface area contributed by atoms with Gasteiger partial charge in [0, 0.05) is 13.4 Å². The standard InChI is InChI=1S/C33H18Br3N3/c34-31-7-1-25(2-8-31)28(19-37)16-22-13-23(17-29(20-38)26-3-9-32(35)10-4-26)15-24(14-22)18-30(21-39)27-5-11-33(36)12-6-27/h1-18H/b28-16-,29-17-,30-18+. The van der Waals surface area contributed by atoms with E-state index in [9.17, 15) is 15.8 Å². The zero-order chi connectivity index (χ0) is 27.8. The summed E-state index contributed by atoms with van der Waals surface area (Å²) >= 11 is 10.3. The maximum atomic E-state index is 9.91. The van der Waals surface area contributed by atoms with Gasteiger partial charge in [-0.15, -0.1) is 0 Å². The molecule has 3 nitrogen and oxygen atoms in total. The van der Waals surface area contributed by atoms with Gasteiger partial charge < -0.3 is 0 Å². The highest BCUT2D eigenvalue weighted by atomic mass is 79.9. The first-order valence-corrected chi connectivity index (χ1v) is 14.0. The number of allylic oxidation sites excluding steroid dienone is 3. The fourth-order valence-electron chi connectivity index (χ4n) is 3.88. The molecule has 186 valence electrons. The van der Waals surface area contributed by atoms with Gasteiger partial charge >= 0.3 is 0 Å². The van der Waals surface area contributed by atoms with Crippen molar-refractivity contribution in [1.82, 2.24) is 0 Å². The molecule has 0 aliphatic rings. The molecule has 4 rings (SSSR count). The summed E-state index contributed by atoms with van der Waals surface area (Å²) in [4.78, 5) is 0. The Morgan fingerprint density at radius 1 is 0.436 bits per heavy atom. The molecular weight excluding hydrogens is 678 g/mol. The Morgan fingerprint density at radius 3 is 0.872 bits per heavy atom. The highest BCUT2D eigenvalue weighted by Gasteiger charge is 2.07. The van der Waals surface area contributed by atoms with Crippen LogP contribution in [0.4, 0.5) is 0 Å². The maximum absolute atomic E-state index is 9.91. The molecule has 0 spiro atoms. The molecule has 0 aliphatic heterocycles. The molecule has 4 aromatic rings. The van der Waals surface area contributed by atoms with Gasteiger partial charge in [0.1, 0.15) is 0 Å². The van der Waals surface area contributed by atoms with E-state index in [1.54, 1.807) is 0 Å². The predicted octanol–water partition coefficient (Wildman–Crippen LogP) is 10.2. The van der Waals surface area contributed by atoms with Crippen LogP contribution < -0.4 is 0 Å². The van der Waals surface area contributed by atoms with E-state index in [1.807, 2.05) is 109 Å². The molecule has 0 heterocycles. The van der Waals surface area contributed by atoms with E-state index >= 15 is 0 Å². The van der Waals surface area contributed by atoms with Crippen LogP contribution >= 0.6 is 47.8 Å². The summed E-state index contributed by atoms with van der Waals surface area (Å²) in [5.74, 6) is 0. The van der Waals surface area contributed by atoms with E-state index < -0.39 is 0 Å². The highest BCUT2D eigenvalue weighted by molar-refractivity contribution is 9.11. The summed E-state index contributed by atoms with van der Waals surface area (Å²) in [6.07, 6.45) is 5.44. The number of rotatable bonds is 6. The molecule has 0 aromatic heterocycles. The molecule has 0 radical (unpaired) electrons. The van der Waals surface area contributed by atoms with Crippen LogP contribution in [0.25, 0.3) is 34.9 Å². The Balaban J connectivity index is 1.87. The van der Waals surface area contributed by atoms with Gasteiger partial charge in [-0.1, -0.05) is 84.2 Å². The molecule has 0 unspecified atom stereocenters. The topological polar surface area (TPSA) is 71.4 Å². The SMILES string of the molecule is N#C/C(=C\c1cc(/C=C(/C#N)c2ccc(Br)cc2)cc(/C=C(/C#N)c2ccc(Br)cc2)c1)c1ccc(Br)cc1. The summed E-state index contributed by atoms with van der Waals surface area (Å²) in [7, 11) is 0. The number of hydrogen-bond acceptors (Lipinski definition) is 3. The van der Waals surface area contributed by atoms with E-state index in [0.29, 0.717) is 16.7 Å². The Hall–Kier alpha value is -3.99. The third-order valence-electron chi connectivity index (χ3n) is 5.76. The third kappa shape index (κ3) is 7.53. The van der Waals surface area contributed by atoms with Gasteiger partial charge in [0.2, 0.25) is 0 Å². The fraction of sp³-hybridized carbons (Fsp3) is 0. The van der Waals surface area contributed by atoms with Crippen molar-refractivity contribution >= 4 is 82.7 Å². The van der Waals surface area contributed by atoms with Gasteiger partial charge in [-0.3, -0.25) is 0 Å². The maximum Gasteiger partial charge on any atom is 0.0998 e. The van der Waals surface area contributed by atoms with E-state index in [1.165, 1.54) is 0 Å². The minimum absolute atomic E-state index is 0.500. The average Bonchev–Trinajstić information content (AvgIpc) is 2.95. The predicted molar refractivity (Wildman–Crippen MR) is 169 cm³/mol. The minimum atomic E-state index is 0.500. The van der Waals surface area contributed by atoms with Gasteiger partial charge in [0.15, 0.2) is 0 Å². The molecular formula is C33H18Br3N3. The molecule has 0 atom stereocenters. The number of halogens is 3. The lowest BCUT2D eigenvalue weighted by molar-refractivity contribution is 1.51. The van der Waals surface area contributed by atoms with Gasteiger partial charge in [-0.2, -0.15) is 15.8 Å². The highest BCUT2D eigenvalue weighted by Crippen LogP contribution is 2.27. The number of nitrogens with zero attached hydrogens (tertiary/aromatic N) is 3. The second-order valence-electron chi connectivity index (χ2n) is 8.46. The van der Waals surface area contributed by atoms with E-state index in [-0.39, 0.29) is 0 Å². The van der Waals surface area contributed by atoms with Crippen LogP contribution in [0.2, 0.25) is 0 Å². The zero-order valence-corrected chi connectivity index (χ0v) is 25.1. The van der Waals surface area contributed by atoms with Gasteiger partial charge in [-0.25, -0.2) is 0 Å². The van der Waals surface area contributed by atoms with E-state index in [0.717, 1.165) is 46.8 Å². The lowest BCUT2D eigenvalue weighted by atomic mass is 9.96. The second-order valence-corrected chi connectivity index (χ2v) is 11.2. The summed E-state index contributed by atoms with van der Waals surface area (Å²) in [6.45, 7) is 0. The summed E-state index contributed by atoms with van der Waals surface area (Å²) in [5.41, 5.74) is 6.19. The monoisotopic (exact) mass is 693 g/mol. The van der Waals surface area contributed by atoms with E-state index in [2.05, 4.69) is 66.0 Å². The van der Waals surface area contributed by atoms with Crippen molar-refractivity contribution in [2.75, 3.05) is 0 Å². The molecule has 39 heavy (non-hydrogen) atoms. The molecule has 0 aliphatic carbocycles. The molecule has 0 N–H and O–H groups in total. The van der Waals surface area contributed by atoms with Crippen molar-refractivity contribution in [3.05, 3.63) is 138 Å². The Labute approximate surface area is 253 Å². The van der Waals surface area contributed by atoms with Crippen molar-refractivity contribution in [3.63, 3.8) is 0 Å². The minimum Gasteiger partial charge on any atom is -0.192 e. The zero-order valence-electron chi connectivity index (χ0n) is 20.4. The Kier molecular flexibility index (Phi) is 9.48. The lowest BCUT2D eigenvalue weighted by Crippen LogP contribution is -1.88. The molecule has 0 saturated heterocycles. The van der Waals surface area contributed by atoms with Crippen molar-refractivity contribution in [2.24, 2.45) is 0 Å². The quantitative estimate of drug-likeness (QED) is 0.149. The molecule has 0 bridgehead atoms. The van der Waals surface area contributed by atoms with Crippen molar-refractivity contribution in [2.45, 2.75) is 0 Å². The molecule has 6 heteroatoms. The van der Waals surface area contributed by atoms with Crippen LogP contribution in [0.3, 0.4) is 0 Å². The summed E-state index contributed by atoms with van der Waals surface area (Å²) in [6, 6.07) is 35.3. The average molecular weight is 696 g/mol. The van der Waals surface area contributed by atoms with Gasteiger partial charge in [-0.05, 0) is 106 Å². The van der Waals surface area contributed by atoms with Crippen molar-refractivity contribution < 1.29 is 0 Å².